The van der Waals surface area contributed by atoms with Crippen molar-refractivity contribution < 1.29 is 4.39 Å². The number of para-hydroxylation sites is 1. The van der Waals surface area contributed by atoms with E-state index in [1.165, 1.54) is 6.07 Å². The molecule has 0 aliphatic carbocycles. The van der Waals surface area contributed by atoms with Crippen molar-refractivity contribution in [2.75, 3.05) is 18.9 Å². The van der Waals surface area contributed by atoms with Crippen molar-refractivity contribution in [2.45, 2.75) is 23.1 Å². The van der Waals surface area contributed by atoms with Crippen LogP contribution in [0.2, 0.25) is 0 Å². The van der Waals surface area contributed by atoms with Crippen LogP contribution in [0.4, 0.5) is 10.1 Å². The first-order valence-corrected chi connectivity index (χ1v) is 5.96. The summed E-state index contributed by atoms with van der Waals surface area (Å²) in [6.45, 7) is 3.01. The van der Waals surface area contributed by atoms with Gasteiger partial charge in [0.05, 0.1) is 5.69 Å². The second-order valence-electron chi connectivity index (χ2n) is 3.76. The molecule has 2 unspecified atom stereocenters. The molecule has 0 saturated heterocycles. The molecule has 1 aromatic carbocycles. The summed E-state index contributed by atoms with van der Waals surface area (Å²) in [5, 5.41) is 6.83. The SMILES string of the molecule is CNCC1Sc2cccc(F)c2NC1C. The van der Waals surface area contributed by atoms with Gasteiger partial charge in [-0.25, -0.2) is 4.39 Å². The summed E-state index contributed by atoms with van der Waals surface area (Å²) >= 11 is 1.74. The van der Waals surface area contributed by atoms with Crippen LogP contribution in [-0.4, -0.2) is 24.9 Å². The highest BCUT2D eigenvalue weighted by Gasteiger charge is 2.26. The van der Waals surface area contributed by atoms with Gasteiger partial charge in [-0.2, -0.15) is 0 Å². The van der Waals surface area contributed by atoms with Gasteiger partial charge in [0, 0.05) is 22.7 Å². The molecule has 82 valence electrons. The van der Waals surface area contributed by atoms with E-state index in [0.717, 1.165) is 11.4 Å². The lowest BCUT2D eigenvalue weighted by molar-refractivity contribution is 0.611. The topological polar surface area (TPSA) is 24.1 Å². The molecule has 0 saturated carbocycles. The number of halogens is 1. The van der Waals surface area contributed by atoms with E-state index in [4.69, 9.17) is 0 Å². The zero-order chi connectivity index (χ0) is 10.8. The second-order valence-corrected chi connectivity index (χ2v) is 5.04. The van der Waals surface area contributed by atoms with Gasteiger partial charge in [0.2, 0.25) is 0 Å². The third-order valence-corrected chi connectivity index (χ3v) is 4.06. The molecule has 1 heterocycles. The minimum absolute atomic E-state index is 0.158. The van der Waals surface area contributed by atoms with Crippen molar-refractivity contribution in [2.24, 2.45) is 0 Å². The molecule has 0 aromatic heterocycles. The van der Waals surface area contributed by atoms with E-state index in [-0.39, 0.29) is 11.9 Å². The Kier molecular flexibility index (Phi) is 3.17. The van der Waals surface area contributed by atoms with Crippen LogP contribution >= 0.6 is 11.8 Å². The molecule has 0 bridgehead atoms. The number of hydrogen-bond donors (Lipinski definition) is 2. The lowest BCUT2D eigenvalue weighted by atomic mass is 10.2. The Hall–Kier alpha value is -0.740. The fourth-order valence-electron chi connectivity index (χ4n) is 1.75. The molecule has 2 rings (SSSR count). The average Bonchev–Trinajstić information content (AvgIpc) is 2.21. The Morgan fingerprint density at radius 3 is 3.07 bits per heavy atom. The number of nitrogens with one attached hydrogen (secondary N) is 2. The number of rotatable bonds is 2. The monoisotopic (exact) mass is 226 g/mol. The zero-order valence-electron chi connectivity index (χ0n) is 8.88. The molecule has 1 aliphatic rings. The number of benzene rings is 1. The summed E-state index contributed by atoms with van der Waals surface area (Å²) in [5.41, 5.74) is 0.655. The minimum atomic E-state index is -0.158. The van der Waals surface area contributed by atoms with Crippen LogP contribution in [0.1, 0.15) is 6.92 Å². The third kappa shape index (κ3) is 2.11. The van der Waals surface area contributed by atoms with Crippen LogP contribution in [0.15, 0.2) is 23.1 Å². The van der Waals surface area contributed by atoms with E-state index in [9.17, 15) is 4.39 Å². The van der Waals surface area contributed by atoms with Gasteiger partial charge in [0.25, 0.3) is 0 Å². The number of thioether (sulfide) groups is 1. The van der Waals surface area contributed by atoms with Crippen LogP contribution in [0, 0.1) is 5.82 Å². The molecule has 15 heavy (non-hydrogen) atoms. The van der Waals surface area contributed by atoms with E-state index >= 15 is 0 Å². The molecule has 0 spiro atoms. The van der Waals surface area contributed by atoms with Gasteiger partial charge in [-0.3, -0.25) is 0 Å². The predicted octanol–water partition coefficient (Wildman–Crippen LogP) is 2.32. The first-order chi connectivity index (χ1) is 7.22. The van der Waals surface area contributed by atoms with Crippen LogP contribution in [-0.2, 0) is 0 Å². The van der Waals surface area contributed by atoms with E-state index in [2.05, 4.69) is 17.6 Å². The Bertz CT molecular complexity index is 356. The molecule has 0 radical (unpaired) electrons. The molecule has 2 nitrogen and oxygen atoms in total. The second kappa shape index (κ2) is 4.41. The molecule has 2 N–H and O–H groups in total. The standard InChI is InChI=1S/C11H15FN2S/c1-7-10(6-13-2)15-9-5-3-4-8(12)11(9)14-7/h3-5,7,10,13-14H,6H2,1-2H3. The van der Waals surface area contributed by atoms with E-state index < -0.39 is 0 Å². The quantitative estimate of drug-likeness (QED) is 0.809. The summed E-state index contributed by atoms with van der Waals surface area (Å²) in [6.07, 6.45) is 0. The van der Waals surface area contributed by atoms with Crippen molar-refractivity contribution in [1.29, 1.82) is 0 Å². The van der Waals surface area contributed by atoms with Gasteiger partial charge in [-0.05, 0) is 26.1 Å². The fourth-order valence-corrected chi connectivity index (χ4v) is 3.03. The lowest BCUT2D eigenvalue weighted by Gasteiger charge is -2.31. The maximum absolute atomic E-state index is 13.5. The van der Waals surface area contributed by atoms with Crippen molar-refractivity contribution in [3.63, 3.8) is 0 Å². The van der Waals surface area contributed by atoms with Gasteiger partial charge in [-0.1, -0.05) is 6.07 Å². The first-order valence-electron chi connectivity index (χ1n) is 5.08. The van der Waals surface area contributed by atoms with Crippen LogP contribution < -0.4 is 10.6 Å². The van der Waals surface area contributed by atoms with Crippen molar-refractivity contribution in [3.05, 3.63) is 24.0 Å². The molecule has 0 amide bonds. The average molecular weight is 226 g/mol. The minimum Gasteiger partial charge on any atom is -0.378 e. The van der Waals surface area contributed by atoms with Gasteiger partial charge in [0.15, 0.2) is 0 Å². The van der Waals surface area contributed by atoms with Gasteiger partial charge in [-0.15, -0.1) is 11.8 Å². The van der Waals surface area contributed by atoms with Crippen LogP contribution in [0.3, 0.4) is 0 Å². The van der Waals surface area contributed by atoms with Crippen LogP contribution in [0.5, 0.6) is 0 Å². The number of fused-ring (bicyclic) bond motifs is 1. The van der Waals surface area contributed by atoms with Gasteiger partial charge in [0.1, 0.15) is 5.82 Å². The van der Waals surface area contributed by atoms with Gasteiger partial charge >= 0.3 is 0 Å². The molecule has 2 atom stereocenters. The highest BCUT2D eigenvalue weighted by molar-refractivity contribution is 8.00. The molecule has 1 aromatic rings. The summed E-state index contributed by atoms with van der Waals surface area (Å²) in [4.78, 5) is 1.01. The normalized spacial score (nSPS) is 24.5. The maximum atomic E-state index is 13.5. The Balaban J connectivity index is 2.25. The zero-order valence-corrected chi connectivity index (χ0v) is 9.70. The van der Waals surface area contributed by atoms with Crippen molar-refractivity contribution in [3.8, 4) is 0 Å². The molecule has 4 heteroatoms. The Labute approximate surface area is 93.6 Å². The summed E-state index contributed by atoms with van der Waals surface area (Å²) in [6, 6.07) is 5.50. The summed E-state index contributed by atoms with van der Waals surface area (Å²) in [7, 11) is 1.94. The first kappa shape index (κ1) is 10.8. The molecular weight excluding hydrogens is 211 g/mol. The summed E-state index contributed by atoms with van der Waals surface area (Å²) in [5.74, 6) is -0.158. The lowest BCUT2D eigenvalue weighted by Crippen LogP contribution is -2.38. The smallest absolute Gasteiger partial charge is 0.147 e. The van der Waals surface area contributed by atoms with E-state index in [0.29, 0.717) is 10.9 Å². The highest BCUT2D eigenvalue weighted by atomic mass is 32.2. The largest absolute Gasteiger partial charge is 0.378 e. The molecule has 1 aliphatic heterocycles. The molecule has 0 fully saturated rings. The highest BCUT2D eigenvalue weighted by Crippen LogP contribution is 2.38. The number of hydrogen-bond acceptors (Lipinski definition) is 3. The number of anilines is 1. The van der Waals surface area contributed by atoms with Crippen LogP contribution in [0.25, 0.3) is 0 Å². The van der Waals surface area contributed by atoms with Crippen molar-refractivity contribution in [1.82, 2.24) is 5.32 Å². The maximum Gasteiger partial charge on any atom is 0.147 e. The third-order valence-electron chi connectivity index (χ3n) is 2.59. The Morgan fingerprint density at radius 1 is 1.53 bits per heavy atom. The van der Waals surface area contributed by atoms with Crippen molar-refractivity contribution >= 4 is 17.4 Å². The predicted molar refractivity (Wildman–Crippen MR) is 63.1 cm³/mol. The van der Waals surface area contributed by atoms with Gasteiger partial charge < -0.3 is 10.6 Å². The Morgan fingerprint density at radius 2 is 2.33 bits per heavy atom. The molecular formula is C11H15FN2S. The van der Waals surface area contributed by atoms with E-state index in [1.807, 2.05) is 13.1 Å². The van der Waals surface area contributed by atoms with E-state index in [1.54, 1.807) is 17.8 Å². The summed E-state index contributed by atoms with van der Waals surface area (Å²) < 4.78 is 13.5. The fraction of sp³-hybridized carbons (Fsp3) is 0.455.